The van der Waals surface area contributed by atoms with Crippen molar-refractivity contribution in [3.8, 4) is 22.9 Å². The number of benzene rings is 7. The van der Waals surface area contributed by atoms with Crippen LogP contribution >= 0.6 is 0 Å². The fourth-order valence-corrected chi connectivity index (χ4v) is 19.6. The highest BCUT2D eigenvalue weighted by Gasteiger charge is 2.40. The molecule has 3 aliphatic carbocycles. The van der Waals surface area contributed by atoms with Gasteiger partial charge in [0.25, 0.3) is 0 Å². The minimum absolute atomic E-state index is 0.00843. The van der Waals surface area contributed by atoms with Crippen LogP contribution in [-0.2, 0) is 64.8 Å². The number of fused-ring (bicyclic) bond motifs is 6. The third-order valence-electron chi connectivity index (χ3n) is 26.2. The van der Waals surface area contributed by atoms with Crippen molar-refractivity contribution in [3.63, 3.8) is 0 Å². The summed E-state index contributed by atoms with van der Waals surface area (Å²) in [5, 5.41) is 55.9. The molecule has 0 unspecified atom stereocenters. The van der Waals surface area contributed by atoms with E-state index in [-0.39, 0.29) is 107 Å². The van der Waals surface area contributed by atoms with E-state index in [9.17, 15) is 115 Å². The predicted molar refractivity (Wildman–Crippen MR) is 553 cm³/mol. The summed E-state index contributed by atoms with van der Waals surface area (Å²) >= 11 is 0. The largest absolute Gasteiger partial charge is 0.494 e. The van der Waals surface area contributed by atoms with Crippen LogP contribution in [0.25, 0.3) is 71.1 Å². The lowest BCUT2D eigenvalue weighted by Gasteiger charge is -2.26. The van der Waals surface area contributed by atoms with Gasteiger partial charge in [0.05, 0.1) is 87.3 Å². The number of aromatic carboxylic acids is 6. The molecule has 0 radical (unpaired) electrons. The zero-order valence-corrected chi connectivity index (χ0v) is 87.7. The van der Waals surface area contributed by atoms with Crippen LogP contribution in [0, 0.1) is 46.5 Å². The van der Waals surface area contributed by atoms with Crippen LogP contribution in [-0.4, -0.2) is 115 Å². The van der Waals surface area contributed by atoms with Crippen molar-refractivity contribution in [2.75, 3.05) is 27.1 Å². The first-order valence-corrected chi connectivity index (χ1v) is 48.4. The Balaban J connectivity index is 0.000000169. The van der Waals surface area contributed by atoms with Crippen molar-refractivity contribution in [2.24, 2.45) is 0 Å². The molecule has 13 aromatic rings. The van der Waals surface area contributed by atoms with Gasteiger partial charge in [0, 0.05) is 102 Å². The van der Waals surface area contributed by atoms with Gasteiger partial charge in [-0.25, -0.2) is 63.9 Å². The molecule has 7 aromatic carbocycles. The van der Waals surface area contributed by atoms with E-state index in [4.69, 9.17) is 19.9 Å². The van der Waals surface area contributed by atoms with E-state index in [0.717, 1.165) is 86.2 Å². The number of carboxylic acid groups (broad SMARTS) is 6. The van der Waals surface area contributed by atoms with Gasteiger partial charge in [0.15, 0.2) is 5.82 Å². The molecule has 36 heteroatoms. The van der Waals surface area contributed by atoms with Gasteiger partial charge >= 0.3 is 35.8 Å². The number of nitrogen functional groups attached to an aromatic ring is 1. The van der Waals surface area contributed by atoms with E-state index in [0.29, 0.717) is 105 Å². The zero-order valence-electron chi connectivity index (χ0n) is 87.7. The maximum absolute atomic E-state index is 15.0. The van der Waals surface area contributed by atoms with Crippen LogP contribution in [0.15, 0.2) is 114 Å². The second-order valence-corrected chi connectivity index (χ2v) is 43.1. The average Bonchev–Trinajstić information content (AvgIpc) is 1.25. The minimum Gasteiger partial charge on any atom is -0.494 e. The number of ether oxygens (including phenoxy) is 3. The Labute approximate surface area is 846 Å². The van der Waals surface area contributed by atoms with Crippen molar-refractivity contribution in [3.05, 3.63) is 277 Å². The molecule has 8 N–H and O–H groups in total. The van der Waals surface area contributed by atoms with Crippen molar-refractivity contribution in [2.45, 2.75) is 281 Å². The number of rotatable bonds is 18. The molecule has 0 aliphatic heterocycles. The quantitative estimate of drug-likeness (QED) is 0.0310. The lowest BCUT2D eigenvalue weighted by Crippen LogP contribution is -2.24. The number of carboxylic acids is 6. The van der Waals surface area contributed by atoms with Crippen molar-refractivity contribution >= 4 is 107 Å². The molecular weight excluding hydrogens is 1930 g/mol. The molecule has 6 heterocycles. The number of pyridine rings is 6. The van der Waals surface area contributed by atoms with Gasteiger partial charge in [0.2, 0.25) is 32.6 Å². The number of hydrogen-bond donors (Lipinski definition) is 7. The number of halogens is 8. The molecule has 148 heavy (non-hydrogen) atoms. The second kappa shape index (κ2) is 42.2. The summed E-state index contributed by atoms with van der Waals surface area (Å²) in [6.45, 7) is 43.9. The topological polar surface area (TPSA) is 410 Å². The van der Waals surface area contributed by atoms with Crippen molar-refractivity contribution in [1.82, 2.24) is 27.4 Å². The van der Waals surface area contributed by atoms with Gasteiger partial charge < -0.3 is 78.0 Å². The molecule has 0 saturated heterocycles. The van der Waals surface area contributed by atoms with E-state index >= 15 is 8.78 Å². The van der Waals surface area contributed by atoms with Crippen molar-refractivity contribution < 1.29 is 109 Å². The molecule has 0 bridgehead atoms. The zero-order chi connectivity index (χ0) is 111. The Morgan fingerprint density at radius 2 is 0.588 bits per heavy atom. The Morgan fingerprint density at radius 3 is 0.905 bits per heavy atom. The second-order valence-electron chi connectivity index (χ2n) is 43.1. The van der Waals surface area contributed by atoms with Crippen LogP contribution in [0.4, 0.5) is 40.8 Å². The number of methoxy groups -OCH3 is 3. The highest BCUT2D eigenvalue weighted by Crippen LogP contribution is 2.50. The molecule has 16 rings (SSSR count). The molecule has 3 saturated carbocycles. The lowest BCUT2D eigenvalue weighted by molar-refractivity contribution is 0.0684. The van der Waals surface area contributed by atoms with E-state index < -0.39 is 159 Å². The fourth-order valence-electron chi connectivity index (χ4n) is 19.6. The Morgan fingerprint density at radius 1 is 0.324 bits per heavy atom. The van der Waals surface area contributed by atoms with E-state index in [1.165, 1.54) is 69.0 Å². The molecular formula is C112H125F8N7O21. The number of nitrogens with two attached hydrogens (primary N) is 1. The van der Waals surface area contributed by atoms with Crippen LogP contribution < -0.4 is 52.5 Å². The van der Waals surface area contributed by atoms with Gasteiger partial charge in [-0.15, -0.1) is 0 Å². The first kappa shape index (κ1) is 114. The fraction of sp³-hybridized carbons (Fsp3) is 0.411. The summed E-state index contributed by atoms with van der Waals surface area (Å²) in [5.41, 5.74) is 3.04. The molecule has 28 nitrogen and oxygen atoms in total. The van der Waals surface area contributed by atoms with Gasteiger partial charge in [-0.2, -0.15) is 0 Å². The first-order chi connectivity index (χ1) is 68.6. The summed E-state index contributed by atoms with van der Waals surface area (Å²) in [5.74, 6) is -12.4. The molecule has 0 spiro atoms. The van der Waals surface area contributed by atoms with Crippen LogP contribution in [0.2, 0.25) is 0 Å². The molecule has 0 amide bonds. The highest BCUT2D eigenvalue weighted by molar-refractivity contribution is 6.03. The number of anilines is 1. The monoisotopic (exact) mass is 2060 g/mol. The Bertz CT molecular complexity index is 7780. The maximum atomic E-state index is 15.0. The number of aromatic nitrogens is 6. The first-order valence-electron chi connectivity index (χ1n) is 48.4. The Hall–Kier alpha value is -14.7. The third kappa shape index (κ3) is 21.9. The molecule has 3 fully saturated rings. The van der Waals surface area contributed by atoms with Crippen molar-refractivity contribution in [1.29, 1.82) is 0 Å². The van der Waals surface area contributed by atoms with Crippen LogP contribution in [0.1, 0.15) is 328 Å². The number of hydrogen-bond acceptors (Lipinski definition) is 16. The average molecular weight is 2060 g/mol. The predicted octanol–water partition coefficient (Wildman–Crippen LogP) is 22.4. The highest BCUT2D eigenvalue weighted by atomic mass is 19.2. The normalized spacial score (nSPS) is 13.3. The molecule has 0 atom stereocenters. The molecule has 790 valence electrons. The summed E-state index contributed by atoms with van der Waals surface area (Å²) in [6, 6.07) is 8.87. The number of carbonyl (C=O) groups is 6. The summed E-state index contributed by atoms with van der Waals surface area (Å²) in [7, 11) is 4.27. The van der Waals surface area contributed by atoms with E-state index in [1.807, 2.05) is 157 Å². The van der Waals surface area contributed by atoms with E-state index in [1.54, 1.807) is 25.2 Å². The summed E-state index contributed by atoms with van der Waals surface area (Å²) < 4.78 is 143. The van der Waals surface area contributed by atoms with Gasteiger partial charge in [-0.1, -0.05) is 145 Å². The molecule has 6 aromatic heterocycles. The number of aryl methyl sites for hydroxylation is 5. The number of nitrogens with zero attached hydrogens (tertiary/aromatic N) is 6. The maximum Gasteiger partial charge on any atom is 0.341 e. The third-order valence-corrected chi connectivity index (χ3v) is 26.2. The van der Waals surface area contributed by atoms with Gasteiger partial charge in [-0.3, -0.25) is 28.8 Å². The summed E-state index contributed by atoms with van der Waals surface area (Å²) in [6.07, 6.45) is 14.6. The lowest BCUT2D eigenvalue weighted by atomic mass is 9.81. The van der Waals surface area contributed by atoms with Gasteiger partial charge in [0.1, 0.15) is 91.3 Å². The van der Waals surface area contributed by atoms with Crippen LogP contribution in [0.3, 0.4) is 0 Å². The van der Waals surface area contributed by atoms with Gasteiger partial charge in [-0.05, 0) is 180 Å². The standard InChI is InChI=1S/C22H20F3NO3.C19H22FNO3.C18H21FN2O4.C18H20FNO4.C18H22FNO3.C17H20FNO4/c1-5-12-18(22(2,3)4)16(25)9-13-19(12)26(10-14(20(13)27)21(28)29)17-7-6-11(23)8-15(17)24;1-5-11-15(19(2,3)4)14(20)8-12-16(11)21(10-6-7-10)9-13(17(12)22)18(23)24;1-18(2,3)11-12(19)13(20)10-14(16(11)25-4)21(8-5-6-8)7-9(15(10)22)17(23)24;1-18(2,3)13-12(19)7-10-14(16(13)24-4)20(9-5-6-9)8-11(15(10)21)17(22)23;1-6-10-14(18(3,4)5)13(19)8-11-15(10)20(7-2)9-12(16(11)21)17(22)23;1-6-19-8-10(16(21)22)14(20)9-7-11(18)12(17(2,3)4)15(23-5)13(9)19/h6-10H,5H2,1-4H3,(H,28,29);8-10H,5-7H2,1-4H3,(H,23,24);7-8H,5-6,20H2,1-4H3,(H,23,24);7-9H,5-6H2,1-4H3,(H,22,23);8-9H,6-7H2,1-5H3,(H,22,23);7-8H,6H2,1-5H3,(H,21,22). The smallest absolute Gasteiger partial charge is 0.341 e. The Kier molecular flexibility index (Phi) is 32.4. The minimum atomic E-state index is -1.52. The van der Waals surface area contributed by atoms with E-state index in [2.05, 4.69) is 0 Å². The SMILES string of the molecule is CCc1c(C(C)(C)C)c(F)cc2c(=O)c(C(=O)O)cn(-c3ccc(F)cc3F)c12.CCc1c(C(C)(C)C)c(F)cc2c(=O)c(C(=O)O)cn(C3CC3)c12.CCc1c(C(C)(C)C)c(F)cc2c(=O)c(C(=O)O)cn(CC)c12.CCn1cc(C(=O)O)c(=O)c2cc(F)c(C(C)(C)C)c(OC)c21.COc1c(C(C)(C)C)c(F)c(N)c2c(=O)c(C(=O)O)cn(C3CC3)c12.COc1c(C(C)(C)C)c(F)cc2c(=O)c(C(=O)O)cn(C3CC3)c12. The molecule has 3 aliphatic rings. The summed E-state index contributed by atoms with van der Waals surface area (Å²) in [4.78, 5) is 144. The van der Waals surface area contributed by atoms with Crippen LogP contribution in [0.5, 0.6) is 17.2 Å².